The molecule has 3 fully saturated rings. The molecule has 0 N–H and O–H groups in total. The van der Waals surface area contributed by atoms with E-state index in [1.807, 2.05) is 13.8 Å². The Balaban J connectivity index is 1.85. The molecule has 0 aromatic heterocycles. The van der Waals surface area contributed by atoms with Gasteiger partial charge in [0.1, 0.15) is 17.8 Å². The molecule has 5 atom stereocenters. The van der Waals surface area contributed by atoms with Crippen molar-refractivity contribution in [3.05, 3.63) is 0 Å². The molecule has 3 aliphatic rings. The van der Waals surface area contributed by atoms with Crippen molar-refractivity contribution < 1.29 is 18.9 Å². The van der Waals surface area contributed by atoms with Crippen LogP contribution in [0, 0.1) is 5.92 Å². The standard InChI is InChI=1S/C12H20O4/c1-5-7-6-12(7)9-8(10(13-4)16-12)14-11(2,3)15-9/h7-10H,5-6H2,1-4H3/t7-,8-,9?,10+,12-/m0/s1. The van der Waals surface area contributed by atoms with Gasteiger partial charge in [-0.25, -0.2) is 0 Å². The van der Waals surface area contributed by atoms with Gasteiger partial charge in [0.2, 0.25) is 0 Å². The Hall–Kier alpha value is -0.160. The molecule has 16 heavy (non-hydrogen) atoms. The molecule has 2 heterocycles. The largest absolute Gasteiger partial charge is 0.353 e. The van der Waals surface area contributed by atoms with E-state index in [0.29, 0.717) is 5.92 Å². The summed E-state index contributed by atoms with van der Waals surface area (Å²) in [6.45, 7) is 6.10. The van der Waals surface area contributed by atoms with Crippen LogP contribution in [0.15, 0.2) is 0 Å². The lowest BCUT2D eigenvalue weighted by atomic mass is 10.1. The SMILES string of the molecule is CC[C@H]1C[C@]12O[C@@H](OC)[C@H]1OC(C)(C)OC12. The quantitative estimate of drug-likeness (QED) is 0.720. The number of rotatable bonds is 2. The first-order valence-electron chi connectivity index (χ1n) is 6.08. The number of hydrogen-bond donors (Lipinski definition) is 0. The number of methoxy groups -OCH3 is 1. The van der Waals surface area contributed by atoms with E-state index in [2.05, 4.69) is 6.92 Å². The lowest BCUT2D eigenvalue weighted by molar-refractivity contribution is -0.234. The summed E-state index contributed by atoms with van der Waals surface area (Å²) in [5, 5.41) is 0. The van der Waals surface area contributed by atoms with Crippen molar-refractivity contribution in [1.82, 2.24) is 0 Å². The fourth-order valence-corrected chi connectivity index (χ4v) is 3.21. The second kappa shape index (κ2) is 3.19. The van der Waals surface area contributed by atoms with Gasteiger partial charge in [0, 0.05) is 7.11 Å². The highest BCUT2D eigenvalue weighted by Crippen LogP contribution is 2.61. The highest BCUT2D eigenvalue weighted by molar-refractivity contribution is 5.18. The first-order chi connectivity index (χ1) is 7.52. The van der Waals surface area contributed by atoms with E-state index in [4.69, 9.17) is 18.9 Å². The van der Waals surface area contributed by atoms with Crippen LogP contribution in [0.25, 0.3) is 0 Å². The molecule has 2 aliphatic heterocycles. The summed E-state index contributed by atoms with van der Waals surface area (Å²) >= 11 is 0. The summed E-state index contributed by atoms with van der Waals surface area (Å²) in [6.07, 6.45) is 1.89. The second-order valence-corrected chi connectivity index (χ2v) is 5.51. The third-order valence-corrected chi connectivity index (χ3v) is 4.04. The predicted molar refractivity (Wildman–Crippen MR) is 56.8 cm³/mol. The molecule has 1 unspecified atom stereocenters. The second-order valence-electron chi connectivity index (χ2n) is 5.51. The van der Waals surface area contributed by atoms with E-state index in [1.54, 1.807) is 7.11 Å². The molecule has 0 aromatic rings. The Bertz CT molecular complexity index is 303. The van der Waals surface area contributed by atoms with Crippen LogP contribution in [0.1, 0.15) is 33.6 Å². The van der Waals surface area contributed by atoms with Gasteiger partial charge in [-0.2, -0.15) is 0 Å². The lowest BCUT2D eigenvalue weighted by Gasteiger charge is -2.24. The summed E-state index contributed by atoms with van der Waals surface area (Å²) in [5.74, 6) is 0.0849. The Labute approximate surface area is 96.2 Å². The van der Waals surface area contributed by atoms with Crippen molar-refractivity contribution in [1.29, 1.82) is 0 Å². The van der Waals surface area contributed by atoms with E-state index in [0.717, 1.165) is 12.8 Å². The van der Waals surface area contributed by atoms with E-state index in [-0.39, 0.29) is 24.1 Å². The number of hydrogen-bond acceptors (Lipinski definition) is 4. The van der Waals surface area contributed by atoms with Crippen molar-refractivity contribution in [2.45, 2.75) is 63.5 Å². The third-order valence-electron chi connectivity index (χ3n) is 4.04. The molecule has 1 spiro atoms. The molecular formula is C12H20O4. The van der Waals surface area contributed by atoms with E-state index in [1.165, 1.54) is 0 Å². The molecule has 4 nitrogen and oxygen atoms in total. The van der Waals surface area contributed by atoms with Gasteiger partial charge in [0.05, 0.1) is 0 Å². The van der Waals surface area contributed by atoms with Crippen LogP contribution in [0.5, 0.6) is 0 Å². The number of ether oxygens (including phenoxy) is 4. The summed E-state index contributed by atoms with van der Waals surface area (Å²) < 4.78 is 23.2. The molecule has 4 heteroatoms. The van der Waals surface area contributed by atoms with Crippen LogP contribution in [0.4, 0.5) is 0 Å². The first kappa shape index (κ1) is 11.0. The maximum Gasteiger partial charge on any atom is 0.186 e. The lowest BCUT2D eigenvalue weighted by Crippen LogP contribution is -2.32. The van der Waals surface area contributed by atoms with Gasteiger partial charge in [0.25, 0.3) is 0 Å². The first-order valence-corrected chi connectivity index (χ1v) is 6.08. The van der Waals surface area contributed by atoms with Crippen LogP contribution in [0.2, 0.25) is 0 Å². The molecule has 3 rings (SSSR count). The van der Waals surface area contributed by atoms with Gasteiger partial charge in [-0.3, -0.25) is 0 Å². The minimum absolute atomic E-state index is 0.0393. The molecule has 92 valence electrons. The van der Waals surface area contributed by atoms with Crippen molar-refractivity contribution in [3.8, 4) is 0 Å². The van der Waals surface area contributed by atoms with E-state index in [9.17, 15) is 0 Å². The van der Waals surface area contributed by atoms with Crippen LogP contribution < -0.4 is 0 Å². The zero-order valence-corrected chi connectivity index (χ0v) is 10.4. The smallest absolute Gasteiger partial charge is 0.186 e. The van der Waals surface area contributed by atoms with Gasteiger partial charge in [-0.1, -0.05) is 13.3 Å². The highest BCUT2D eigenvalue weighted by Gasteiger charge is 2.72. The van der Waals surface area contributed by atoms with Crippen LogP contribution in [-0.2, 0) is 18.9 Å². The van der Waals surface area contributed by atoms with E-state index >= 15 is 0 Å². The fraction of sp³-hybridized carbons (Fsp3) is 1.00. The Morgan fingerprint density at radius 1 is 1.25 bits per heavy atom. The highest BCUT2D eigenvalue weighted by atomic mass is 16.8. The number of fused-ring (bicyclic) bond motifs is 2. The maximum absolute atomic E-state index is 6.00. The molecule has 0 amide bonds. The normalized spacial score (nSPS) is 53.2. The van der Waals surface area contributed by atoms with E-state index < -0.39 is 5.79 Å². The molecule has 0 bridgehead atoms. The Morgan fingerprint density at radius 2 is 2.00 bits per heavy atom. The topological polar surface area (TPSA) is 36.9 Å². The van der Waals surface area contributed by atoms with Crippen LogP contribution in [0.3, 0.4) is 0 Å². The maximum atomic E-state index is 6.00. The van der Waals surface area contributed by atoms with Crippen LogP contribution >= 0.6 is 0 Å². The molecule has 2 saturated heterocycles. The van der Waals surface area contributed by atoms with Gasteiger partial charge in [-0.05, 0) is 26.2 Å². The molecule has 1 saturated carbocycles. The van der Waals surface area contributed by atoms with Crippen molar-refractivity contribution in [3.63, 3.8) is 0 Å². The Morgan fingerprint density at radius 3 is 2.56 bits per heavy atom. The van der Waals surface area contributed by atoms with Gasteiger partial charge in [0.15, 0.2) is 12.1 Å². The average molecular weight is 228 g/mol. The summed E-state index contributed by atoms with van der Waals surface area (Å²) in [6, 6.07) is 0. The summed E-state index contributed by atoms with van der Waals surface area (Å²) in [4.78, 5) is 0. The fourth-order valence-electron chi connectivity index (χ4n) is 3.21. The third kappa shape index (κ3) is 1.30. The average Bonchev–Trinajstić information content (AvgIpc) is 2.75. The molecule has 0 radical (unpaired) electrons. The minimum atomic E-state index is -0.510. The van der Waals surface area contributed by atoms with Crippen molar-refractivity contribution in [2.24, 2.45) is 5.92 Å². The van der Waals surface area contributed by atoms with Crippen molar-refractivity contribution >= 4 is 0 Å². The van der Waals surface area contributed by atoms with Crippen molar-refractivity contribution in [2.75, 3.05) is 7.11 Å². The van der Waals surface area contributed by atoms with Crippen LogP contribution in [-0.4, -0.2) is 37.0 Å². The summed E-state index contributed by atoms with van der Waals surface area (Å²) in [5.41, 5.74) is -0.131. The predicted octanol–water partition coefficient (Wildman–Crippen LogP) is 1.68. The van der Waals surface area contributed by atoms with Gasteiger partial charge in [-0.15, -0.1) is 0 Å². The molecule has 1 aliphatic carbocycles. The summed E-state index contributed by atoms with van der Waals surface area (Å²) in [7, 11) is 1.67. The molecule has 0 aromatic carbocycles. The zero-order chi connectivity index (χ0) is 11.6. The molecular weight excluding hydrogens is 208 g/mol. The minimum Gasteiger partial charge on any atom is -0.353 e. The van der Waals surface area contributed by atoms with Gasteiger partial charge < -0.3 is 18.9 Å². The monoisotopic (exact) mass is 228 g/mol. The Kier molecular flexibility index (Phi) is 2.19. The zero-order valence-electron chi connectivity index (χ0n) is 10.4. The van der Waals surface area contributed by atoms with Gasteiger partial charge >= 0.3 is 0 Å².